The molecule has 1 aliphatic rings. The Hall–Kier alpha value is -1.89. The second-order valence-electron chi connectivity index (χ2n) is 5.24. The predicted octanol–water partition coefficient (Wildman–Crippen LogP) is 4.18. The van der Waals surface area contributed by atoms with Crippen molar-refractivity contribution >= 4 is 5.70 Å². The van der Waals surface area contributed by atoms with Gasteiger partial charge in [0, 0.05) is 12.1 Å². The summed E-state index contributed by atoms with van der Waals surface area (Å²) in [5, 5.41) is 0. The van der Waals surface area contributed by atoms with Crippen molar-refractivity contribution in [2.24, 2.45) is 0 Å². The Morgan fingerprint density at radius 1 is 1.00 bits per heavy atom. The van der Waals surface area contributed by atoms with E-state index in [1.807, 2.05) is 0 Å². The number of nitrogens with zero attached hydrogens (tertiary/aromatic N) is 1. The third kappa shape index (κ3) is 1.51. The van der Waals surface area contributed by atoms with Crippen molar-refractivity contribution in [1.29, 1.82) is 0 Å². The number of hydrogen-bond acceptors (Lipinski definition) is 0. The standard InChI is InChI=1S/C18H20N/c1-4-18(5-2)14(3)19-13-9-8-12-17(19)15-10-6-7-11-16(15)18/h6-13H,3-5H2,1-2H3/q+1. The molecule has 0 fully saturated rings. The maximum atomic E-state index is 4.41. The quantitative estimate of drug-likeness (QED) is 0.704. The molecule has 1 aromatic heterocycles. The third-order valence-corrected chi connectivity index (χ3v) is 4.63. The van der Waals surface area contributed by atoms with Gasteiger partial charge in [0.15, 0.2) is 11.9 Å². The molecule has 2 heterocycles. The number of benzene rings is 1. The lowest BCUT2D eigenvalue weighted by Gasteiger charge is -2.35. The molecule has 0 atom stereocenters. The van der Waals surface area contributed by atoms with Crippen LogP contribution < -0.4 is 4.57 Å². The summed E-state index contributed by atoms with van der Waals surface area (Å²) >= 11 is 0. The number of hydrogen-bond donors (Lipinski definition) is 0. The van der Waals surface area contributed by atoms with E-state index in [1.54, 1.807) is 0 Å². The van der Waals surface area contributed by atoms with E-state index in [4.69, 9.17) is 0 Å². The van der Waals surface area contributed by atoms with Crippen molar-refractivity contribution < 1.29 is 4.57 Å². The van der Waals surface area contributed by atoms with Crippen LogP contribution in [0.25, 0.3) is 17.0 Å². The van der Waals surface area contributed by atoms with Gasteiger partial charge in [-0.25, -0.2) is 0 Å². The summed E-state index contributed by atoms with van der Waals surface area (Å²) in [4.78, 5) is 0. The zero-order chi connectivity index (χ0) is 13.5. The molecule has 1 heteroatoms. The SMILES string of the molecule is C=C1[n+]2ccccc2-c2ccccc2C1(CC)CC. The van der Waals surface area contributed by atoms with Crippen LogP contribution in [0, 0.1) is 0 Å². The van der Waals surface area contributed by atoms with Crippen molar-refractivity contribution in [3.8, 4) is 11.3 Å². The average Bonchev–Trinajstić information content (AvgIpc) is 2.49. The molecule has 3 rings (SSSR count). The van der Waals surface area contributed by atoms with Crippen LogP contribution in [-0.2, 0) is 5.41 Å². The highest BCUT2D eigenvalue weighted by Crippen LogP contribution is 2.45. The zero-order valence-electron chi connectivity index (χ0n) is 11.7. The van der Waals surface area contributed by atoms with E-state index < -0.39 is 0 Å². The molecule has 1 aromatic carbocycles. The van der Waals surface area contributed by atoms with Crippen LogP contribution in [0.4, 0.5) is 0 Å². The van der Waals surface area contributed by atoms with E-state index in [2.05, 4.69) is 73.7 Å². The van der Waals surface area contributed by atoms with Crippen molar-refractivity contribution in [3.05, 3.63) is 60.8 Å². The van der Waals surface area contributed by atoms with Crippen molar-refractivity contribution in [2.75, 3.05) is 0 Å². The molecular weight excluding hydrogens is 230 g/mol. The maximum Gasteiger partial charge on any atom is 0.218 e. The second-order valence-corrected chi connectivity index (χ2v) is 5.24. The Kier molecular flexibility index (Phi) is 2.78. The smallest absolute Gasteiger partial charge is 0.164 e. The van der Waals surface area contributed by atoms with E-state index in [9.17, 15) is 0 Å². The Labute approximate surface area is 115 Å². The Bertz CT molecular complexity index is 636. The van der Waals surface area contributed by atoms with Crippen LogP contribution in [0.5, 0.6) is 0 Å². The molecule has 2 aromatic rings. The lowest BCUT2D eigenvalue weighted by molar-refractivity contribution is -0.577. The summed E-state index contributed by atoms with van der Waals surface area (Å²) in [6, 6.07) is 15.1. The van der Waals surface area contributed by atoms with Gasteiger partial charge in [0.1, 0.15) is 0 Å². The molecule has 1 aliphatic heterocycles. The van der Waals surface area contributed by atoms with Crippen LogP contribution >= 0.6 is 0 Å². The highest BCUT2D eigenvalue weighted by Gasteiger charge is 2.45. The first-order valence-electron chi connectivity index (χ1n) is 7.05. The summed E-state index contributed by atoms with van der Waals surface area (Å²) in [6.07, 6.45) is 4.30. The maximum absolute atomic E-state index is 4.41. The first kappa shape index (κ1) is 12.2. The molecule has 0 saturated carbocycles. The minimum absolute atomic E-state index is 0.0651. The molecule has 19 heavy (non-hydrogen) atoms. The van der Waals surface area contributed by atoms with Gasteiger partial charge in [-0.05, 0) is 37.1 Å². The first-order chi connectivity index (χ1) is 9.24. The molecule has 0 saturated heterocycles. The van der Waals surface area contributed by atoms with Gasteiger partial charge in [0.2, 0.25) is 5.69 Å². The first-order valence-corrected chi connectivity index (χ1v) is 7.05. The fraction of sp³-hybridized carbons (Fsp3) is 0.278. The molecule has 0 spiro atoms. The topological polar surface area (TPSA) is 3.88 Å². The third-order valence-electron chi connectivity index (χ3n) is 4.63. The van der Waals surface area contributed by atoms with Gasteiger partial charge in [0.05, 0.1) is 11.0 Å². The summed E-state index contributed by atoms with van der Waals surface area (Å²) in [6.45, 7) is 8.94. The van der Waals surface area contributed by atoms with Gasteiger partial charge in [-0.1, -0.05) is 32.0 Å². The normalized spacial score (nSPS) is 15.8. The van der Waals surface area contributed by atoms with Gasteiger partial charge in [-0.3, -0.25) is 0 Å². The molecule has 0 aliphatic carbocycles. The fourth-order valence-corrected chi connectivity index (χ4v) is 3.45. The van der Waals surface area contributed by atoms with Crippen LogP contribution in [0.2, 0.25) is 0 Å². The van der Waals surface area contributed by atoms with Gasteiger partial charge < -0.3 is 0 Å². The zero-order valence-corrected chi connectivity index (χ0v) is 11.7. The Morgan fingerprint density at radius 2 is 1.68 bits per heavy atom. The second kappa shape index (κ2) is 4.34. The minimum atomic E-state index is 0.0651. The molecule has 0 amide bonds. The van der Waals surface area contributed by atoms with Crippen LogP contribution in [0.3, 0.4) is 0 Å². The van der Waals surface area contributed by atoms with E-state index in [0.717, 1.165) is 12.8 Å². The Morgan fingerprint density at radius 3 is 2.42 bits per heavy atom. The van der Waals surface area contributed by atoms with E-state index in [-0.39, 0.29) is 5.41 Å². The average molecular weight is 250 g/mol. The summed E-state index contributed by atoms with van der Waals surface area (Å²) in [7, 11) is 0. The number of fused-ring (bicyclic) bond motifs is 3. The van der Waals surface area contributed by atoms with Crippen molar-refractivity contribution in [1.82, 2.24) is 0 Å². The number of rotatable bonds is 2. The summed E-state index contributed by atoms with van der Waals surface area (Å²) < 4.78 is 2.26. The molecule has 0 radical (unpaired) electrons. The molecule has 0 N–H and O–H groups in total. The molecule has 1 nitrogen and oxygen atoms in total. The lowest BCUT2D eigenvalue weighted by atomic mass is 9.69. The molecular formula is C18H20N+. The van der Waals surface area contributed by atoms with Gasteiger partial charge in [0.25, 0.3) is 0 Å². The van der Waals surface area contributed by atoms with E-state index in [0.29, 0.717) is 0 Å². The number of aromatic nitrogens is 1. The van der Waals surface area contributed by atoms with Crippen molar-refractivity contribution in [3.63, 3.8) is 0 Å². The Balaban J connectivity index is 2.39. The summed E-state index contributed by atoms with van der Waals surface area (Å²) in [5.41, 5.74) is 5.29. The van der Waals surface area contributed by atoms with Gasteiger partial charge in [-0.15, -0.1) is 0 Å². The molecule has 0 unspecified atom stereocenters. The van der Waals surface area contributed by atoms with Crippen LogP contribution in [0.1, 0.15) is 32.3 Å². The van der Waals surface area contributed by atoms with Crippen molar-refractivity contribution in [2.45, 2.75) is 32.1 Å². The highest BCUT2D eigenvalue weighted by molar-refractivity contribution is 5.72. The highest BCUT2D eigenvalue weighted by atomic mass is 15.0. The monoisotopic (exact) mass is 250 g/mol. The van der Waals surface area contributed by atoms with Crippen LogP contribution in [-0.4, -0.2) is 0 Å². The predicted molar refractivity (Wildman–Crippen MR) is 79.7 cm³/mol. The van der Waals surface area contributed by atoms with Crippen LogP contribution in [0.15, 0.2) is 55.2 Å². The molecule has 96 valence electrons. The number of pyridine rings is 1. The minimum Gasteiger partial charge on any atom is -0.164 e. The molecule has 0 bridgehead atoms. The summed E-state index contributed by atoms with van der Waals surface area (Å²) in [5.74, 6) is 0. The largest absolute Gasteiger partial charge is 0.218 e. The fourth-order valence-electron chi connectivity index (χ4n) is 3.45. The van der Waals surface area contributed by atoms with E-state index >= 15 is 0 Å². The van der Waals surface area contributed by atoms with Gasteiger partial charge >= 0.3 is 0 Å². The van der Waals surface area contributed by atoms with E-state index in [1.165, 1.54) is 22.5 Å². The van der Waals surface area contributed by atoms with Gasteiger partial charge in [-0.2, -0.15) is 4.57 Å². The lowest BCUT2D eigenvalue weighted by Crippen LogP contribution is -2.48. The number of allylic oxidation sites excluding steroid dienone is 1.